The van der Waals surface area contributed by atoms with Crippen LogP contribution in [0, 0.1) is 5.82 Å². The summed E-state index contributed by atoms with van der Waals surface area (Å²) in [5.74, 6) is 0.0241. The van der Waals surface area contributed by atoms with Gasteiger partial charge in [-0.3, -0.25) is 4.79 Å². The van der Waals surface area contributed by atoms with E-state index in [2.05, 4.69) is 17.9 Å². The summed E-state index contributed by atoms with van der Waals surface area (Å²) in [5.41, 5.74) is 0.443. The molecule has 6 heteroatoms. The van der Waals surface area contributed by atoms with Crippen LogP contribution in [0.2, 0.25) is 0 Å². The lowest BCUT2D eigenvalue weighted by Crippen LogP contribution is -2.13. The van der Waals surface area contributed by atoms with Gasteiger partial charge in [-0.2, -0.15) is 0 Å². The summed E-state index contributed by atoms with van der Waals surface area (Å²) in [6, 6.07) is 9.04. The zero-order chi connectivity index (χ0) is 14.1. The molecule has 1 heterocycles. The molecule has 102 valence electrons. The summed E-state index contributed by atoms with van der Waals surface area (Å²) in [6.45, 7) is 0.156. The first-order valence-electron chi connectivity index (χ1n) is 5.83. The second kappa shape index (κ2) is 5.05. The normalized spacial score (nSPS) is 12.3. The second-order valence-corrected chi connectivity index (χ2v) is 4.70. The fourth-order valence-corrected chi connectivity index (χ4v) is 2.06. The van der Waals surface area contributed by atoms with Crippen molar-refractivity contribution in [2.24, 2.45) is 0 Å². The highest BCUT2D eigenvalue weighted by Crippen LogP contribution is 2.34. The summed E-state index contributed by atoms with van der Waals surface area (Å²) in [4.78, 5) is 12.5. The molecule has 0 spiro atoms. The van der Waals surface area contributed by atoms with Crippen LogP contribution in [0.1, 0.15) is 10.4 Å². The third-order valence-corrected chi connectivity index (χ3v) is 3.10. The Balaban J connectivity index is 1.84. The van der Waals surface area contributed by atoms with Crippen molar-refractivity contribution in [2.75, 3.05) is 12.1 Å². The van der Waals surface area contributed by atoms with Crippen LogP contribution in [-0.2, 0) is 0 Å². The maximum absolute atomic E-state index is 13.6. The molecule has 0 fully saturated rings. The molecule has 0 saturated carbocycles. The van der Waals surface area contributed by atoms with E-state index in [-0.39, 0.29) is 12.4 Å². The lowest BCUT2D eigenvalue weighted by Gasteiger charge is -2.07. The molecule has 2 aromatic carbocycles. The molecule has 0 bridgehead atoms. The van der Waals surface area contributed by atoms with Gasteiger partial charge in [-0.15, -0.1) is 12.6 Å². The molecule has 0 aromatic heterocycles. The number of hydrogen-bond donors (Lipinski definition) is 2. The van der Waals surface area contributed by atoms with Crippen molar-refractivity contribution in [3.05, 3.63) is 47.8 Å². The monoisotopic (exact) mass is 291 g/mol. The van der Waals surface area contributed by atoms with Crippen LogP contribution >= 0.6 is 12.6 Å². The van der Waals surface area contributed by atoms with Gasteiger partial charge in [0.05, 0.1) is 5.56 Å². The average Bonchev–Trinajstić information content (AvgIpc) is 2.89. The van der Waals surface area contributed by atoms with Gasteiger partial charge < -0.3 is 14.8 Å². The SMILES string of the molecule is O=C(Nc1ccc2c(c1)OCO2)c1cc(S)ccc1F. The van der Waals surface area contributed by atoms with Crippen LogP contribution in [0.4, 0.5) is 10.1 Å². The maximum atomic E-state index is 13.6. The van der Waals surface area contributed by atoms with Crippen molar-refractivity contribution in [3.8, 4) is 11.5 Å². The average molecular weight is 291 g/mol. The lowest BCUT2D eigenvalue weighted by atomic mass is 10.2. The minimum atomic E-state index is -0.596. The zero-order valence-corrected chi connectivity index (χ0v) is 11.1. The Morgan fingerprint density at radius 1 is 1.15 bits per heavy atom. The van der Waals surface area contributed by atoms with E-state index < -0.39 is 11.7 Å². The Labute approximate surface area is 119 Å². The number of carbonyl (C=O) groups is 1. The highest BCUT2D eigenvalue weighted by Gasteiger charge is 2.16. The Bertz CT molecular complexity index is 690. The van der Waals surface area contributed by atoms with Crippen LogP contribution in [0.3, 0.4) is 0 Å². The van der Waals surface area contributed by atoms with E-state index in [0.717, 1.165) is 0 Å². The summed E-state index contributed by atoms with van der Waals surface area (Å²) in [5, 5.41) is 2.61. The van der Waals surface area contributed by atoms with Gasteiger partial charge >= 0.3 is 0 Å². The molecule has 1 N–H and O–H groups in total. The maximum Gasteiger partial charge on any atom is 0.258 e. The van der Waals surface area contributed by atoms with Gasteiger partial charge in [-0.05, 0) is 30.3 Å². The number of carbonyl (C=O) groups excluding carboxylic acids is 1. The van der Waals surface area contributed by atoms with Gasteiger partial charge in [-0.1, -0.05) is 0 Å². The van der Waals surface area contributed by atoms with Crippen molar-refractivity contribution in [2.45, 2.75) is 4.90 Å². The third-order valence-electron chi connectivity index (χ3n) is 2.83. The molecule has 1 amide bonds. The number of halogens is 1. The van der Waals surface area contributed by atoms with Crippen molar-refractivity contribution in [1.29, 1.82) is 0 Å². The van der Waals surface area contributed by atoms with Gasteiger partial charge in [0.2, 0.25) is 6.79 Å². The Hall–Kier alpha value is -2.21. The minimum Gasteiger partial charge on any atom is -0.454 e. The van der Waals surface area contributed by atoms with Gasteiger partial charge in [0, 0.05) is 16.6 Å². The van der Waals surface area contributed by atoms with Crippen LogP contribution in [0.15, 0.2) is 41.3 Å². The predicted octanol–water partition coefficient (Wildman–Crippen LogP) is 3.10. The summed E-state index contributed by atoms with van der Waals surface area (Å²) in [7, 11) is 0. The van der Waals surface area contributed by atoms with E-state index >= 15 is 0 Å². The van der Waals surface area contributed by atoms with Gasteiger partial charge in [0.1, 0.15) is 5.82 Å². The summed E-state index contributed by atoms with van der Waals surface area (Å²) < 4.78 is 24.0. The highest BCUT2D eigenvalue weighted by molar-refractivity contribution is 7.80. The molecule has 4 nitrogen and oxygen atoms in total. The molecule has 1 aliphatic heterocycles. The topological polar surface area (TPSA) is 47.6 Å². The first kappa shape index (κ1) is 12.8. The van der Waals surface area contributed by atoms with Crippen molar-refractivity contribution in [1.82, 2.24) is 0 Å². The number of hydrogen-bond acceptors (Lipinski definition) is 4. The molecule has 20 heavy (non-hydrogen) atoms. The largest absolute Gasteiger partial charge is 0.454 e. The number of ether oxygens (including phenoxy) is 2. The van der Waals surface area contributed by atoms with Crippen LogP contribution in [-0.4, -0.2) is 12.7 Å². The molecule has 3 rings (SSSR count). The molecule has 0 unspecified atom stereocenters. The van der Waals surface area contributed by atoms with Crippen molar-refractivity contribution in [3.63, 3.8) is 0 Å². The molecule has 0 radical (unpaired) electrons. The third kappa shape index (κ3) is 2.42. The Kier molecular flexibility index (Phi) is 3.23. The Morgan fingerprint density at radius 3 is 2.80 bits per heavy atom. The Morgan fingerprint density at radius 2 is 1.95 bits per heavy atom. The number of rotatable bonds is 2. The quantitative estimate of drug-likeness (QED) is 0.836. The van der Waals surface area contributed by atoms with Crippen molar-refractivity contribution >= 4 is 24.2 Å². The summed E-state index contributed by atoms with van der Waals surface area (Å²) >= 11 is 4.09. The molecule has 2 aromatic rings. The first-order chi connectivity index (χ1) is 9.63. The van der Waals surface area contributed by atoms with E-state index in [1.165, 1.54) is 18.2 Å². The number of fused-ring (bicyclic) bond motifs is 1. The fourth-order valence-electron chi connectivity index (χ4n) is 1.86. The number of nitrogens with one attached hydrogen (secondary N) is 1. The number of anilines is 1. The van der Waals surface area contributed by atoms with Gasteiger partial charge in [0.25, 0.3) is 5.91 Å². The zero-order valence-electron chi connectivity index (χ0n) is 10.2. The standard InChI is InChI=1S/C14H10FNO3S/c15-11-3-2-9(20)6-10(11)14(17)16-8-1-4-12-13(5-8)19-7-18-12/h1-6,20H,7H2,(H,16,17). The molecule has 0 atom stereocenters. The predicted molar refractivity (Wildman–Crippen MR) is 74.2 cm³/mol. The van der Waals surface area contributed by atoms with Crippen LogP contribution in [0.25, 0.3) is 0 Å². The van der Waals surface area contributed by atoms with E-state index in [1.807, 2.05) is 0 Å². The number of amides is 1. The van der Waals surface area contributed by atoms with E-state index in [0.29, 0.717) is 22.1 Å². The number of thiol groups is 1. The smallest absolute Gasteiger partial charge is 0.258 e. The summed E-state index contributed by atoms with van der Waals surface area (Å²) in [6.07, 6.45) is 0. The molecule has 0 saturated heterocycles. The van der Waals surface area contributed by atoms with E-state index in [4.69, 9.17) is 9.47 Å². The second-order valence-electron chi connectivity index (χ2n) is 4.19. The molecular formula is C14H10FNO3S. The van der Waals surface area contributed by atoms with Gasteiger partial charge in [0.15, 0.2) is 11.5 Å². The molecule has 0 aliphatic carbocycles. The van der Waals surface area contributed by atoms with Crippen LogP contribution in [0.5, 0.6) is 11.5 Å². The minimum absolute atomic E-state index is 0.0600. The highest BCUT2D eigenvalue weighted by atomic mass is 32.1. The van der Waals surface area contributed by atoms with Gasteiger partial charge in [-0.25, -0.2) is 4.39 Å². The molecule has 1 aliphatic rings. The molecular weight excluding hydrogens is 281 g/mol. The van der Waals surface area contributed by atoms with Crippen molar-refractivity contribution < 1.29 is 18.7 Å². The van der Waals surface area contributed by atoms with E-state index in [9.17, 15) is 9.18 Å². The number of benzene rings is 2. The van der Waals surface area contributed by atoms with E-state index in [1.54, 1.807) is 18.2 Å². The first-order valence-corrected chi connectivity index (χ1v) is 6.28. The van der Waals surface area contributed by atoms with Crippen LogP contribution < -0.4 is 14.8 Å². The lowest BCUT2D eigenvalue weighted by molar-refractivity contribution is 0.102. The fraction of sp³-hybridized carbons (Fsp3) is 0.0714.